The molecule has 1 aliphatic rings. The van der Waals surface area contributed by atoms with Crippen molar-refractivity contribution in [3.8, 4) is 11.5 Å². The lowest BCUT2D eigenvalue weighted by molar-refractivity contribution is -0.0512. The molecule has 5 nitrogen and oxygen atoms in total. The van der Waals surface area contributed by atoms with Gasteiger partial charge in [-0.15, -0.1) is 0 Å². The first-order valence-electron chi connectivity index (χ1n) is 9.66. The molecular formula is C22H26F2N2O3. The molecule has 7 heteroatoms. The number of alkyl halides is 2. The van der Waals surface area contributed by atoms with Crippen LogP contribution >= 0.6 is 0 Å². The van der Waals surface area contributed by atoms with Gasteiger partial charge in [-0.3, -0.25) is 9.69 Å². The summed E-state index contributed by atoms with van der Waals surface area (Å²) >= 11 is 0. The Bertz CT molecular complexity index is 827. The summed E-state index contributed by atoms with van der Waals surface area (Å²) in [5.74, 6) is -0.102. The molecule has 1 aliphatic heterocycles. The molecule has 1 saturated heterocycles. The van der Waals surface area contributed by atoms with Gasteiger partial charge in [0.15, 0.2) is 11.5 Å². The number of rotatable bonds is 6. The van der Waals surface area contributed by atoms with Crippen molar-refractivity contribution in [2.75, 3.05) is 33.3 Å². The van der Waals surface area contributed by atoms with Gasteiger partial charge in [0.2, 0.25) is 0 Å². The second-order valence-corrected chi connectivity index (χ2v) is 7.15. The molecule has 0 unspecified atom stereocenters. The van der Waals surface area contributed by atoms with Crippen molar-refractivity contribution in [3.05, 3.63) is 59.2 Å². The van der Waals surface area contributed by atoms with Crippen LogP contribution in [0.5, 0.6) is 11.5 Å². The van der Waals surface area contributed by atoms with Gasteiger partial charge in [-0.1, -0.05) is 29.8 Å². The first-order chi connectivity index (χ1) is 14.0. The van der Waals surface area contributed by atoms with Crippen molar-refractivity contribution >= 4 is 5.91 Å². The quantitative estimate of drug-likeness (QED) is 0.731. The number of carbonyl (C=O) groups is 1. The number of nitrogens with zero attached hydrogens (tertiary/aromatic N) is 2. The lowest BCUT2D eigenvalue weighted by Gasteiger charge is -2.22. The minimum absolute atomic E-state index is 0.0841. The fraction of sp³-hybridized carbons (Fsp3) is 0.409. The fourth-order valence-electron chi connectivity index (χ4n) is 3.46. The number of halogens is 2. The van der Waals surface area contributed by atoms with E-state index in [1.165, 1.54) is 36.4 Å². The van der Waals surface area contributed by atoms with Gasteiger partial charge in [-0.2, -0.15) is 8.78 Å². The van der Waals surface area contributed by atoms with Crippen LogP contribution in [0, 0.1) is 6.92 Å². The molecule has 0 aliphatic carbocycles. The van der Waals surface area contributed by atoms with E-state index < -0.39 is 6.61 Å². The number of carbonyl (C=O) groups excluding carboxylic acids is 1. The second-order valence-electron chi connectivity index (χ2n) is 7.15. The first-order valence-corrected chi connectivity index (χ1v) is 9.66. The monoisotopic (exact) mass is 404 g/mol. The van der Waals surface area contributed by atoms with Gasteiger partial charge in [0.05, 0.1) is 7.11 Å². The maximum atomic E-state index is 12.9. The molecule has 1 heterocycles. The number of hydrogen-bond acceptors (Lipinski definition) is 4. The largest absolute Gasteiger partial charge is 0.493 e. The highest BCUT2D eigenvalue weighted by Crippen LogP contribution is 2.30. The zero-order chi connectivity index (χ0) is 20.8. The Hall–Kier alpha value is -2.67. The SMILES string of the molecule is COc1cc(C(=O)N2CCCN(Cc3ccc(C)cc3)CC2)ccc1OC(F)F. The Kier molecular flexibility index (Phi) is 7.04. The van der Waals surface area contributed by atoms with E-state index in [1.54, 1.807) is 4.90 Å². The molecular weight excluding hydrogens is 378 g/mol. The summed E-state index contributed by atoms with van der Waals surface area (Å²) in [5, 5.41) is 0. The number of amides is 1. The maximum Gasteiger partial charge on any atom is 0.387 e. The second kappa shape index (κ2) is 9.69. The smallest absolute Gasteiger partial charge is 0.387 e. The van der Waals surface area contributed by atoms with E-state index in [2.05, 4.69) is 40.8 Å². The molecule has 0 aromatic heterocycles. The van der Waals surface area contributed by atoms with Crippen molar-refractivity contribution in [2.45, 2.75) is 26.5 Å². The van der Waals surface area contributed by atoms with Gasteiger partial charge in [-0.25, -0.2) is 0 Å². The normalized spacial score (nSPS) is 15.3. The Morgan fingerprint density at radius 1 is 1.03 bits per heavy atom. The van der Waals surface area contributed by atoms with Gasteiger partial charge in [-0.05, 0) is 37.1 Å². The predicted molar refractivity (Wildman–Crippen MR) is 107 cm³/mol. The average Bonchev–Trinajstić information content (AvgIpc) is 2.94. The van der Waals surface area contributed by atoms with Gasteiger partial charge < -0.3 is 14.4 Å². The van der Waals surface area contributed by atoms with Crippen LogP contribution in [0.3, 0.4) is 0 Å². The fourth-order valence-corrected chi connectivity index (χ4v) is 3.46. The summed E-state index contributed by atoms with van der Waals surface area (Å²) < 4.78 is 34.5. The molecule has 0 radical (unpaired) electrons. The topological polar surface area (TPSA) is 42.0 Å². The van der Waals surface area contributed by atoms with E-state index >= 15 is 0 Å². The van der Waals surface area contributed by atoms with Crippen molar-refractivity contribution in [1.82, 2.24) is 9.80 Å². The first kappa shape index (κ1) is 21.0. The third-order valence-electron chi connectivity index (χ3n) is 5.03. The third kappa shape index (κ3) is 5.67. The molecule has 0 spiro atoms. The highest BCUT2D eigenvalue weighted by Gasteiger charge is 2.22. The Balaban J connectivity index is 1.63. The van der Waals surface area contributed by atoms with E-state index in [0.29, 0.717) is 18.7 Å². The highest BCUT2D eigenvalue weighted by molar-refractivity contribution is 5.95. The molecule has 1 fully saturated rings. The standard InChI is InChI=1S/C22H26F2N2O3/c1-16-4-6-17(7-5-16)15-25-10-3-11-26(13-12-25)21(27)18-8-9-19(29-22(23)24)20(14-18)28-2/h4-9,14,22H,3,10-13,15H2,1-2H3. The van der Waals surface area contributed by atoms with Gasteiger partial charge in [0, 0.05) is 38.3 Å². The molecule has 0 atom stereocenters. The zero-order valence-electron chi connectivity index (χ0n) is 16.7. The van der Waals surface area contributed by atoms with E-state index in [9.17, 15) is 13.6 Å². The maximum absolute atomic E-state index is 12.9. The minimum atomic E-state index is -2.95. The van der Waals surface area contributed by atoms with Crippen LogP contribution in [0.15, 0.2) is 42.5 Å². The molecule has 2 aromatic carbocycles. The van der Waals surface area contributed by atoms with Crippen molar-refractivity contribution < 1.29 is 23.0 Å². The number of methoxy groups -OCH3 is 1. The van der Waals surface area contributed by atoms with Gasteiger partial charge in [0.1, 0.15) is 0 Å². The molecule has 2 aromatic rings. The van der Waals surface area contributed by atoms with Crippen LogP contribution in [-0.4, -0.2) is 55.6 Å². The van der Waals surface area contributed by atoms with E-state index in [4.69, 9.17) is 4.74 Å². The molecule has 1 amide bonds. The Morgan fingerprint density at radius 2 is 1.79 bits per heavy atom. The summed E-state index contributed by atoms with van der Waals surface area (Å²) in [5.41, 5.74) is 2.90. The number of aryl methyl sites for hydroxylation is 1. The number of ether oxygens (including phenoxy) is 2. The molecule has 3 rings (SSSR count). The van der Waals surface area contributed by atoms with Crippen LogP contribution < -0.4 is 9.47 Å². The Labute approximate surface area is 169 Å². The lowest BCUT2D eigenvalue weighted by Crippen LogP contribution is -2.35. The van der Waals surface area contributed by atoms with Crippen molar-refractivity contribution in [1.29, 1.82) is 0 Å². The molecule has 29 heavy (non-hydrogen) atoms. The third-order valence-corrected chi connectivity index (χ3v) is 5.03. The molecule has 0 saturated carbocycles. The summed E-state index contributed by atoms with van der Waals surface area (Å²) in [4.78, 5) is 17.1. The summed E-state index contributed by atoms with van der Waals surface area (Å²) in [7, 11) is 1.36. The number of hydrogen-bond donors (Lipinski definition) is 0. The number of benzene rings is 2. The van der Waals surface area contributed by atoms with Crippen molar-refractivity contribution in [3.63, 3.8) is 0 Å². The van der Waals surface area contributed by atoms with Crippen LogP contribution in [0.4, 0.5) is 8.78 Å². The van der Waals surface area contributed by atoms with E-state index in [1.807, 2.05) is 0 Å². The van der Waals surface area contributed by atoms with Crippen LogP contribution in [0.1, 0.15) is 27.9 Å². The summed E-state index contributed by atoms with van der Waals surface area (Å²) in [6.07, 6.45) is 0.876. The zero-order valence-corrected chi connectivity index (χ0v) is 16.7. The van der Waals surface area contributed by atoms with Crippen LogP contribution in [-0.2, 0) is 6.54 Å². The van der Waals surface area contributed by atoms with Crippen LogP contribution in [0.25, 0.3) is 0 Å². The van der Waals surface area contributed by atoms with Gasteiger partial charge >= 0.3 is 6.61 Å². The molecule has 0 N–H and O–H groups in total. The predicted octanol–water partition coefficient (Wildman–Crippen LogP) is 3.95. The van der Waals surface area contributed by atoms with Gasteiger partial charge in [0.25, 0.3) is 5.91 Å². The highest BCUT2D eigenvalue weighted by atomic mass is 19.3. The molecule has 156 valence electrons. The van der Waals surface area contributed by atoms with Crippen LogP contribution in [0.2, 0.25) is 0 Å². The lowest BCUT2D eigenvalue weighted by atomic mass is 10.1. The average molecular weight is 404 g/mol. The van der Waals surface area contributed by atoms with E-state index in [0.717, 1.165) is 26.1 Å². The van der Waals surface area contributed by atoms with E-state index in [-0.39, 0.29) is 17.4 Å². The summed E-state index contributed by atoms with van der Waals surface area (Å²) in [6, 6.07) is 12.8. The Morgan fingerprint density at radius 3 is 2.48 bits per heavy atom. The minimum Gasteiger partial charge on any atom is -0.493 e. The van der Waals surface area contributed by atoms with Crippen molar-refractivity contribution in [2.24, 2.45) is 0 Å². The summed E-state index contributed by atoms with van der Waals surface area (Å²) in [6.45, 7) is 2.95. The molecule has 0 bridgehead atoms.